The van der Waals surface area contributed by atoms with E-state index in [-0.39, 0.29) is 0 Å². The quantitative estimate of drug-likeness (QED) is 0.900. The lowest BCUT2D eigenvalue weighted by molar-refractivity contribution is 0.686. The van der Waals surface area contributed by atoms with Crippen LogP contribution in [0.25, 0.3) is 0 Å². The molecule has 4 nitrogen and oxygen atoms in total. The van der Waals surface area contributed by atoms with Crippen molar-refractivity contribution in [2.75, 3.05) is 0 Å². The van der Waals surface area contributed by atoms with E-state index in [1.165, 1.54) is 0 Å². The van der Waals surface area contributed by atoms with Crippen LogP contribution < -0.4 is 5.73 Å². The third-order valence-corrected chi connectivity index (χ3v) is 2.79. The first-order valence-corrected chi connectivity index (χ1v) is 5.50. The molecule has 1 aromatic heterocycles. The van der Waals surface area contributed by atoms with Gasteiger partial charge in [0.15, 0.2) is 0 Å². The maximum absolute atomic E-state index is 8.74. The summed E-state index contributed by atoms with van der Waals surface area (Å²) in [6.07, 6.45) is 3.62. The molecule has 0 aliphatic heterocycles. The van der Waals surface area contributed by atoms with E-state index in [1.54, 1.807) is 23.0 Å². The topological polar surface area (TPSA) is 67.6 Å². The average Bonchev–Trinajstić information content (AvgIpc) is 2.79. The Kier molecular flexibility index (Phi) is 3.43. The largest absolute Gasteiger partial charge is 0.326 e. The van der Waals surface area contributed by atoms with Gasteiger partial charge in [0.2, 0.25) is 0 Å². The summed E-state index contributed by atoms with van der Waals surface area (Å²) in [4.78, 5) is 0. The third kappa shape index (κ3) is 2.64. The van der Waals surface area contributed by atoms with Gasteiger partial charge in [-0.25, -0.2) is 0 Å². The molecule has 0 amide bonds. The van der Waals surface area contributed by atoms with Crippen LogP contribution in [0.4, 0.5) is 0 Å². The molecular weight excluding hydrogens is 236 g/mol. The standard InChI is InChI=1S/C12H11ClN4/c13-12-3-9(4-14)1-2-11(12)8-17-7-10(5-15)6-16-17/h1-3,6-7H,5,8,15H2. The van der Waals surface area contributed by atoms with Gasteiger partial charge in [-0.3, -0.25) is 4.68 Å². The molecule has 2 aromatic rings. The van der Waals surface area contributed by atoms with Gasteiger partial charge in [0.25, 0.3) is 0 Å². The summed E-state index contributed by atoms with van der Waals surface area (Å²) in [5.41, 5.74) is 7.98. The number of rotatable bonds is 3. The predicted molar refractivity (Wildman–Crippen MR) is 65.4 cm³/mol. The Bertz CT molecular complexity index is 568. The Morgan fingerprint density at radius 1 is 1.47 bits per heavy atom. The van der Waals surface area contributed by atoms with E-state index in [9.17, 15) is 0 Å². The van der Waals surface area contributed by atoms with E-state index < -0.39 is 0 Å². The Morgan fingerprint density at radius 2 is 2.29 bits per heavy atom. The zero-order valence-electron chi connectivity index (χ0n) is 9.10. The smallest absolute Gasteiger partial charge is 0.0992 e. The molecule has 0 atom stereocenters. The zero-order valence-corrected chi connectivity index (χ0v) is 9.85. The van der Waals surface area contributed by atoms with Gasteiger partial charge < -0.3 is 5.73 Å². The highest BCUT2D eigenvalue weighted by atomic mass is 35.5. The van der Waals surface area contributed by atoms with Gasteiger partial charge in [0, 0.05) is 23.3 Å². The molecule has 0 saturated carbocycles. The molecule has 0 bridgehead atoms. The van der Waals surface area contributed by atoms with Crippen LogP contribution in [0, 0.1) is 11.3 Å². The van der Waals surface area contributed by atoms with E-state index >= 15 is 0 Å². The Labute approximate surface area is 104 Å². The Morgan fingerprint density at radius 3 is 2.88 bits per heavy atom. The van der Waals surface area contributed by atoms with Gasteiger partial charge in [-0.15, -0.1) is 0 Å². The fourth-order valence-electron chi connectivity index (χ4n) is 1.52. The molecule has 0 radical (unpaired) electrons. The summed E-state index contributed by atoms with van der Waals surface area (Å²) < 4.78 is 1.77. The minimum absolute atomic E-state index is 0.473. The number of nitriles is 1. The number of nitrogens with two attached hydrogens (primary N) is 1. The highest BCUT2D eigenvalue weighted by Gasteiger charge is 2.04. The fraction of sp³-hybridized carbons (Fsp3) is 0.167. The summed E-state index contributed by atoms with van der Waals surface area (Å²) in [6.45, 7) is 1.05. The first kappa shape index (κ1) is 11.6. The van der Waals surface area contributed by atoms with Crippen molar-refractivity contribution in [3.05, 3.63) is 52.3 Å². The predicted octanol–water partition coefficient (Wildman–Crippen LogP) is 1.92. The number of nitrogens with zero attached hydrogens (tertiary/aromatic N) is 3. The molecular formula is C12H11ClN4. The molecule has 0 spiro atoms. The number of hydrogen-bond acceptors (Lipinski definition) is 3. The van der Waals surface area contributed by atoms with E-state index in [4.69, 9.17) is 22.6 Å². The molecule has 1 aromatic carbocycles. The van der Waals surface area contributed by atoms with Crippen LogP contribution in [0.1, 0.15) is 16.7 Å². The molecule has 2 rings (SSSR count). The van der Waals surface area contributed by atoms with E-state index in [1.807, 2.05) is 18.3 Å². The van der Waals surface area contributed by atoms with Crippen molar-refractivity contribution in [1.29, 1.82) is 5.26 Å². The summed E-state index contributed by atoms with van der Waals surface area (Å²) in [7, 11) is 0. The molecule has 1 heterocycles. The SMILES string of the molecule is N#Cc1ccc(Cn2cc(CN)cn2)c(Cl)c1. The average molecular weight is 247 g/mol. The van der Waals surface area contributed by atoms with Gasteiger partial charge in [-0.05, 0) is 17.7 Å². The van der Waals surface area contributed by atoms with Crippen LogP contribution >= 0.6 is 11.6 Å². The second-order valence-corrected chi connectivity index (χ2v) is 4.08. The number of benzene rings is 1. The molecule has 86 valence electrons. The highest BCUT2D eigenvalue weighted by molar-refractivity contribution is 6.31. The normalized spacial score (nSPS) is 10.2. The monoisotopic (exact) mass is 246 g/mol. The van der Waals surface area contributed by atoms with Crippen LogP contribution in [0.15, 0.2) is 30.6 Å². The molecule has 0 unspecified atom stereocenters. The van der Waals surface area contributed by atoms with Crippen molar-refractivity contribution in [1.82, 2.24) is 9.78 Å². The number of halogens is 1. The third-order valence-electron chi connectivity index (χ3n) is 2.44. The van der Waals surface area contributed by atoms with Crippen LogP contribution in [-0.4, -0.2) is 9.78 Å². The summed E-state index contributed by atoms with van der Waals surface area (Å²) in [5.74, 6) is 0. The van der Waals surface area contributed by atoms with Crippen LogP contribution in [0.5, 0.6) is 0 Å². The first-order chi connectivity index (χ1) is 8.22. The van der Waals surface area contributed by atoms with Crippen molar-refractivity contribution >= 4 is 11.6 Å². The molecule has 17 heavy (non-hydrogen) atoms. The maximum atomic E-state index is 8.74. The van der Waals surface area contributed by atoms with Crippen LogP contribution in [0.3, 0.4) is 0 Å². The summed E-state index contributed by atoms with van der Waals surface area (Å²) in [6, 6.07) is 7.29. The van der Waals surface area contributed by atoms with Gasteiger partial charge in [-0.1, -0.05) is 17.7 Å². The second-order valence-electron chi connectivity index (χ2n) is 3.67. The fourth-order valence-corrected chi connectivity index (χ4v) is 1.76. The number of aromatic nitrogens is 2. The molecule has 5 heteroatoms. The molecule has 0 aliphatic rings. The molecule has 0 aliphatic carbocycles. The highest BCUT2D eigenvalue weighted by Crippen LogP contribution is 2.18. The lowest BCUT2D eigenvalue weighted by Crippen LogP contribution is -2.01. The van der Waals surface area contributed by atoms with Crippen molar-refractivity contribution in [2.24, 2.45) is 5.73 Å². The number of hydrogen-bond donors (Lipinski definition) is 1. The van der Waals surface area contributed by atoms with Gasteiger partial charge in [0.05, 0.1) is 24.4 Å². The Balaban J connectivity index is 2.21. The van der Waals surface area contributed by atoms with Crippen LogP contribution in [-0.2, 0) is 13.1 Å². The molecule has 2 N–H and O–H groups in total. The summed E-state index contributed by atoms with van der Waals surface area (Å²) >= 11 is 6.08. The van der Waals surface area contributed by atoms with Crippen LogP contribution in [0.2, 0.25) is 5.02 Å². The minimum Gasteiger partial charge on any atom is -0.326 e. The first-order valence-electron chi connectivity index (χ1n) is 5.13. The molecule has 0 fully saturated rings. The zero-order chi connectivity index (χ0) is 12.3. The van der Waals surface area contributed by atoms with E-state index in [0.29, 0.717) is 23.7 Å². The molecule has 0 saturated heterocycles. The lowest BCUT2D eigenvalue weighted by atomic mass is 10.1. The Hall–Kier alpha value is -1.83. The van der Waals surface area contributed by atoms with Crippen molar-refractivity contribution in [3.63, 3.8) is 0 Å². The lowest BCUT2D eigenvalue weighted by Gasteiger charge is -2.04. The summed E-state index contributed by atoms with van der Waals surface area (Å²) in [5, 5.41) is 13.5. The van der Waals surface area contributed by atoms with E-state index in [2.05, 4.69) is 5.10 Å². The van der Waals surface area contributed by atoms with Crippen molar-refractivity contribution in [2.45, 2.75) is 13.1 Å². The van der Waals surface area contributed by atoms with E-state index in [0.717, 1.165) is 11.1 Å². The van der Waals surface area contributed by atoms with Gasteiger partial charge in [0.1, 0.15) is 0 Å². The van der Waals surface area contributed by atoms with Gasteiger partial charge >= 0.3 is 0 Å². The second kappa shape index (κ2) is 5.00. The minimum atomic E-state index is 0.473. The van der Waals surface area contributed by atoms with Crippen molar-refractivity contribution < 1.29 is 0 Å². The van der Waals surface area contributed by atoms with Gasteiger partial charge in [-0.2, -0.15) is 10.4 Å². The maximum Gasteiger partial charge on any atom is 0.0992 e. The van der Waals surface area contributed by atoms with Crippen molar-refractivity contribution in [3.8, 4) is 6.07 Å².